The molecule has 218 valence electrons. The zero-order valence-electron chi connectivity index (χ0n) is 22.9. The molecule has 8 nitrogen and oxygen atoms in total. The predicted molar refractivity (Wildman–Crippen MR) is 154 cm³/mol. The topological polar surface area (TPSA) is 80.0 Å². The average molecular weight is 588 g/mol. The molecule has 2 aromatic carbocycles. The Bertz CT molecular complexity index is 1590. The van der Waals surface area contributed by atoms with Crippen LogP contribution in [-0.4, -0.2) is 69.3 Å². The van der Waals surface area contributed by atoms with E-state index in [4.69, 9.17) is 11.3 Å². The molecule has 0 unspecified atom stereocenters. The van der Waals surface area contributed by atoms with E-state index in [-0.39, 0.29) is 35.7 Å². The first-order valence-corrected chi connectivity index (χ1v) is 15.1. The van der Waals surface area contributed by atoms with E-state index in [2.05, 4.69) is 39.1 Å². The number of aromatic nitrogens is 1. The minimum Gasteiger partial charge on any atom is -0.424 e. The standard InChI is InChI=1S/C29H32F3N5O3S/c1-4-36-15-12-21(13-16-36)35-25-8-5-9-27-24(25)17-22(37(27)19-29(30,31)32)7-6-14-34-26-11-10-23(41(3,38)39)18-28(26)40-20-33-2/h5,8-11,17-18,21,34-35H,4,12-16,19-20H2,1,3H3. The molecular weight excluding hydrogens is 555 g/mol. The molecule has 0 saturated carbocycles. The van der Waals surface area contributed by atoms with Crippen molar-refractivity contribution >= 4 is 32.1 Å². The maximum Gasteiger partial charge on any atom is 0.406 e. The van der Waals surface area contributed by atoms with Crippen LogP contribution >= 0.6 is 0 Å². The number of benzene rings is 2. The molecule has 1 aliphatic rings. The molecule has 1 aliphatic heterocycles. The van der Waals surface area contributed by atoms with Crippen LogP contribution in [0.25, 0.3) is 15.7 Å². The second-order valence-corrected chi connectivity index (χ2v) is 11.9. The Morgan fingerprint density at radius 1 is 1.15 bits per heavy atom. The Morgan fingerprint density at radius 2 is 1.90 bits per heavy atom. The first-order chi connectivity index (χ1) is 19.5. The summed E-state index contributed by atoms with van der Waals surface area (Å²) in [6.07, 6.45) is -1.46. The van der Waals surface area contributed by atoms with Gasteiger partial charge in [-0.05, 0) is 55.6 Å². The van der Waals surface area contributed by atoms with Gasteiger partial charge < -0.3 is 24.8 Å². The molecule has 1 aromatic heterocycles. The lowest BCUT2D eigenvalue weighted by atomic mass is 10.0. The number of ether oxygens (including phenoxy) is 1. The van der Waals surface area contributed by atoms with Gasteiger partial charge >= 0.3 is 12.9 Å². The van der Waals surface area contributed by atoms with Crippen LogP contribution in [0.2, 0.25) is 0 Å². The van der Waals surface area contributed by atoms with Crippen molar-refractivity contribution in [1.82, 2.24) is 9.47 Å². The van der Waals surface area contributed by atoms with Crippen molar-refractivity contribution in [2.45, 2.75) is 43.4 Å². The van der Waals surface area contributed by atoms with Gasteiger partial charge in [-0.15, -0.1) is 0 Å². The summed E-state index contributed by atoms with van der Waals surface area (Å²) in [6.45, 7) is 10.6. The fourth-order valence-electron chi connectivity index (χ4n) is 4.85. The highest BCUT2D eigenvalue weighted by molar-refractivity contribution is 7.90. The lowest BCUT2D eigenvalue weighted by Gasteiger charge is -2.32. The third kappa shape index (κ3) is 7.87. The van der Waals surface area contributed by atoms with Crippen molar-refractivity contribution in [2.24, 2.45) is 0 Å². The predicted octanol–water partition coefficient (Wildman–Crippen LogP) is 5.22. The molecule has 3 aromatic rings. The van der Waals surface area contributed by atoms with Crippen molar-refractivity contribution < 1.29 is 26.3 Å². The van der Waals surface area contributed by atoms with Crippen molar-refractivity contribution in [1.29, 1.82) is 0 Å². The van der Waals surface area contributed by atoms with E-state index in [9.17, 15) is 21.6 Å². The van der Waals surface area contributed by atoms with E-state index in [1.54, 1.807) is 18.2 Å². The summed E-state index contributed by atoms with van der Waals surface area (Å²) in [5.41, 5.74) is 1.87. The minimum absolute atomic E-state index is 0.0334. The molecular formula is C29H32F3N5O3S. The lowest BCUT2D eigenvalue weighted by Crippen LogP contribution is -2.38. The third-order valence-corrected chi connectivity index (χ3v) is 8.04. The fourth-order valence-corrected chi connectivity index (χ4v) is 5.49. The minimum atomic E-state index is -4.44. The normalized spacial score (nSPS) is 14.7. The molecule has 0 atom stereocenters. The first kappa shape index (κ1) is 30.1. The number of fused-ring (bicyclic) bond motifs is 1. The van der Waals surface area contributed by atoms with Gasteiger partial charge in [0.2, 0.25) is 0 Å². The highest BCUT2D eigenvalue weighted by Crippen LogP contribution is 2.32. The van der Waals surface area contributed by atoms with Crippen LogP contribution in [0, 0.1) is 18.4 Å². The molecule has 12 heteroatoms. The SMILES string of the molecule is [C-]#[N+]COc1cc(S(C)(=O)=O)ccc1NCC#Cc1cc2c(NC3CCN(CC)CC3)cccc2n1CC(F)(F)F. The van der Waals surface area contributed by atoms with Crippen molar-refractivity contribution in [3.63, 3.8) is 0 Å². The Hall–Kier alpha value is -3.87. The van der Waals surface area contributed by atoms with Gasteiger partial charge in [0.05, 0.1) is 28.3 Å². The second kappa shape index (κ2) is 12.8. The molecule has 1 saturated heterocycles. The Morgan fingerprint density at radius 3 is 2.56 bits per heavy atom. The van der Waals surface area contributed by atoms with Crippen molar-refractivity contribution in [3.8, 4) is 17.6 Å². The number of anilines is 2. The molecule has 0 radical (unpaired) electrons. The maximum atomic E-state index is 13.6. The van der Waals surface area contributed by atoms with Gasteiger partial charge in [-0.25, -0.2) is 15.0 Å². The lowest BCUT2D eigenvalue weighted by molar-refractivity contribution is -0.140. The Balaban J connectivity index is 1.58. The van der Waals surface area contributed by atoms with Crippen LogP contribution in [0.3, 0.4) is 0 Å². The van der Waals surface area contributed by atoms with E-state index in [1.165, 1.54) is 22.8 Å². The number of halogens is 3. The highest BCUT2D eigenvalue weighted by Gasteiger charge is 2.30. The quantitative estimate of drug-likeness (QED) is 0.264. The summed E-state index contributed by atoms with van der Waals surface area (Å²) < 4.78 is 71.1. The summed E-state index contributed by atoms with van der Waals surface area (Å²) >= 11 is 0. The van der Waals surface area contributed by atoms with Crippen molar-refractivity contribution in [3.05, 3.63) is 59.6 Å². The zero-order chi connectivity index (χ0) is 29.6. The number of alkyl halides is 3. The van der Waals surface area contributed by atoms with Crippen LogP contribution < -0.4 is 15.4 Å². The number of hydrogen-bond donors (Lipinski definition) is 2. The van der Waals surface area contributed by atoms with E-state index in [1.807, 2.05) is 6.07 Å². The number of sulfone groups is 1. The van der Waals surface area contributed by atoms with Crippen LogP contribution in [0.4, 0.5) is 24.5 Å². The highest BCUT2D eigenvalue weighted by atomic mass is 32.2. The van der Waals surface area contributed by atoms with Gasteiger partial charge in [-0.3, -0.25) is 4.85 Å². The molecule has 2 N–H and O–H groups in total. The van der Waals surface area contributed by atoms with Crippen LogP contribution in [0.15, 0.2) is 47.4 Å². The Labute approximate surface area is 238 Å². The molecule has 0 bridgehead atoms. The van der Waals surface area contributed by atoms with Crippen LogP contribution in [-0.2, 0) is 16.4 Å². The van der Waals surface area contributed by atoms with Crippen molar-refractivity contribution in [2.75, 3.05) is 49.8 Å². The summed E-state index contributed by atoms with van der Waals surface area (Å²) in [7, 11) is -3.49. The summed E-state index contributed by atoms with van der Waals surface area (Å²) in [5.74, 6) is 5.90. The van der Waals surface area contributed by atoms with Gasteiger partial charge in [0.25, 0.3) is 0 Å². The number of nitrogens with one attached hydrogen (secondary N) is 2. The van der Waals surface area contributed by atoms with Gasteiger partial charge in [-0.1, -0.05) is 18.9 Å². The fraction of sp³-hybridized carbons (Fsp3) is 0.414. The summed E-state index contributed by atoms with van der Waals surface area (Å²) in [6, 6.07) is 11.4. The third-order valence-electron chi connectivity index (χ3n) is 6.93. The number of nitrogens with zero attached hydrogens (tertiary/aromatic N) is 3. The molecule has 1 fully saturated rings. The largest absolute Gasteiger partial charge is 0.424 e. The maximum absolute atomic E-state index is 13.6. The van der Waals surface area contributed by atoms with E-state index >= 15 is 0 Å². The summed E-state index contributed by atoms with van der Waals surface area (Å²) in [4.78, 5) is 5.54. The monoisotopic (exact) mass is 587 g/mol. The van der Waals surface area contributed by atoms with Gasteiger partial charge in [0.15, 0.2) is 15.6 Å². The number of likely N-dealkylation sites (tertiary alicyclic amines) is 1. The van der Waals surface area contributed by atoms with Gasteiger partial charge in [-0.2, -0.15) is 13.2 Å². The van der Waals surface area contributed by atoms with E-state index in [0.717, 1.165) is 44.4 Å². The first-order valence-electron chi connectivity index (χ1n) is 13.2. The number of rotatable bonds is 9. The van der Waals surface area contributed by atoms with Gasteiger partial charge in [0.1, 0.15) is 6.54 Å². The van der Waals surface area contributed by atoms with Gasteiger partial charge in [0, 0.05) is 42.5 Å². The number of piperidine rings is 1. The van der Waals surface area contributed by atoms with E-state index in [0.29, 0.717) is 16.6 Å². The van der Waals surface area contributed by atoms with Crippen LogP contribution in [0.5, 0.6) is 5.75 Å². The molecule has 4 rings (SSSR count). The molecule has 41 heavy (non-hydrogen) atoms. The molecule has 2 heterocycles. The molecule has 0 spiro atoms. The van der Waals surface area contributed by atoms with E-state index < -0.39 is 22.6 Å². The Kier molecular flexibility index (Phi) is 9.36. The number of hydrogen-bond acceptors (Lipinski definition) is 6. The molecule has 0 amide bonds. The smallest absolute Gasteiger partial charge is 0.406 e. The van der Waals surface area contributed by atoms with Crippen LogP contribution in [0.1, 0.15) is 25.5 Å². The average Bonchev–Trinajstić information content (AvgIpc) is 3.26. The second-order valence-electron chi connectivity index (χ2n) is 9.84. The molecule has 0 aliphatic carbocycles. The zero-order valence-corrected chi connectivity index (χ0v) is 23.7. The summed E-state index contributed by atoms with van der Waals surface area (Å²) in [5, 5.41) is 7.22.